The summed E-state index contributed by atoms with van der Waals surface area (Å²) in [5, 5.41) is 11.7. The topological polar surface area (TPSA) is 82.5 Å². The van der Waals surface area contributed by atoms with Gasteiger partial charge in [0, 0.05) is 26.3 Å². The van der Waals surface area contributed by atoms with Crippen LogP contribution in [0.1, 0.15) is 6.92 Å². The van der Waals surface area contributed by atoms with Gasteiger partial charge in [0.15, 0.2) is 0 Å². The van der Waals surface area contributed by atoms with Gasteiger partial charge in [-0.1, -0.05) is 0 Å². The van der Waals surface area contributed by atoms with Crippen molar-refractivity contribution in [2.24, 2.45) is 0 Å². The molecule has 17 heavy (non-hydrogen) atoms. The molecule has 0 aromatic carbocycles. The molecule has 6 nitrogen and oxygen atoms in total. The van der Waals surface area contributed by atoms with Crippen molar-refractivity contribution in [1.29, 1.82) is 0 Å². The zero-order valence-corrected chi connectivity index (χ0v) is 10.7. The van der Waals surface area contributed by atoms with Crippen LogP contribution in [0.15, 0.2) is 23.4 Å². The van der Waals surface area contributed by atoms with Gasteiger partial charge >= 0.3 is 0 Å². The number of anilines is 1. The molecule has 1 rings (SSSR count). The minimum atomic E-state index is -3.57. The molecule has 0 aliphatic carbocycles. The second-order valence-corrected chi connectivity index (χ2v) is 5.53. The maximum absolute atomic E-state index is 12.0. The first-order chi connectivity index (χ1) is 8.02. The number of aliphatic hydroxyl groups excluding tert-OH is 1. The van der Waals surface area contributed by atoms with E-state index in [1.165, 1.54) is 19.3 Å². The van der Waals surface area contributed by atoms with Crippen LogP contribution in [0.3, 0.4) is 0 Å². The summed E-state index contributed by atoms with van der Waals surface area (Å²) in [6.07, 6.45) is 2.86. The van der Waals surface area contributed by atoms with Crippen LogP contribution in [-0.4, -0.2) is 49.6 Å². The highest BCUT2D eigenvalue weighted by molar-refractivity contribution is 7.89. The zero-order valence-electron chi connectivity index (χ0n) is 9.92. The molecule has 0 saturated heterocycles. The Hall–Kier alpha value is -1.18. The number of pyridine rings is 1. The van der Waals surface area contributed by atoms with E-state index in [-0.39, 0.29) is 18.0 Å². The van der Waals surface area contributed by atoms with Gasteiger partial charge in [-0.15, -0.1) is 0 Å². The van der Waals surface area contributed by atoms with Crippen molar-refractivity contribution < 1.29 is 13.5 Å². The van der Waals surface area contributed by atoms with Gasteiger partial charge in [-0.3, -0.25) is 4.98 Å². The standard InChI is InChI=1S/C10H17N3O3S/c1-3-12-9-6-10(8-11-7-9)17(15,16)13(2)4-5-14/h6-8,12,14H,3-5H2,1-2H3. The van der Waals surface area contributed by atoms with Gasteiger partial charge in [0.1, 0.15) is 4.90 Å². The molecule has 0 fully saturated rings. The van der Waals surface area contributed by atoms with E-state index in [9.17, 15) is 8.42 Å². The molecule has 96 valence electrons. The second kappa shape index (κ2) is 5.95. The summed E-state index contributed by atoms with van der Waals surface area (Å²) in [6.45, 7) is 2.46. The summed E-state index contributed by atoms with van der Waals surface area (Å²) in [4.78, 5) is 4.00. The second-order valence-electron chi connectivity index (χ2n) is 3.49. The first kappa shape index (κ1) is 13.9. The van der Waals surface area contributed by atoms with Gasteiger partial charge < -0.3 is 10.4 Å². The Morgan fingerprint density at radius 1 is 1.47 bits per heavy atom. The number of nitrogens with zero attached hydrogens (tertiary/aromatic N) is 2. The molecular formula is C10H17N3O3S. The van der Waals surface area contributed by atoms with Gasteiger partial charge in [-0.2, -0.15) is 4.31 Å². The average Bonchev–Trinajstić information content (AvgIpc) is 2.30. The van der Waals surface area contributed by atoms with E-state index < -0.39 is 10.0 Å². The number of sulfonamides is 1. The van der Waals surface area contributed by atoms with Crippen LogP contribution >= 0.6 is 0 Å². The van der Waals surface area contributed by atoms with E-state index >= 15 is 0 Å². The summed E-state index contributed by atoms with van der Waals surface area (Å²) in [6, 6.07) is 1.53. The summed E-state index contributed by atoms with van der Waals surface area (Å²) in [5.41, 5.74) is 0.658. The molecule has 0 atom stereocenters. The monoisotopic (exact) mass is 259 g/mol. The molecule has 0 aliphatic rings. The van der Waals surface area contributed by atoms with E-state index in [2.05, 4.69) is 10.3 Å². The van der Waals surface area contributed by atoms with Crippen LogP contribution < -0.4 is 5.32 Å². The van der Waals surface area contributed by atoms with Gasteiger partial charge in [-0.25, -0.2) is 8.42 Å². The Morgan fingerprint density at radius 3 is 2.76 bits per heavy atom. The third-order valence-corrected chi connectivity index (χ3v) is 4.04. The lowest BCUT2D eigenvalue weighted by Gasteiger charge is -2.16. The van der Waals surface area contributed by atoms with E-state index in [4.69, 9.17) is 5.11 Å². The molecule has 0 aliphatic heterocycles. The quantitative estimate of drug-likeness (QED) is 0.758. The molecule has 1 heterocycles. The van der Waals surface area contributed by atoms with Gasteiger partial charge in [-0.05, 0) is 13.0 Å². The molecule has 0 radical (unpaired) electrons. The van der Waals surface area contributed by atoms with Gasteiger partial charge in [0.2, 0.25) is 10.0 Å². The molecule has 2 N–H and O–H groups in total. The van der Waals surface area contributed by atoms with Crippen LogP contribution in [0.5, 0.6) is 0 Å². The van der Waals surface area contributed by atoms with Crippen molar-refractivity contribution >= 4 is 15.7 Å². The summed E-state index contributed by atoms with van der Waals surface area (Å²) >= 11 is 0. The number of rotatable bonds is 6. The fourth-order valence-corrected chi connectivity index (χ4v) is 2.45. The van der Waals surface area contributed by atoms with Crippen LogP contribution in [-0.2, 0) is 10.0 Å². The molecule has 1 aromatic heterocycles. The SMILES string of the molecule is CCNc1cncc(S(=O)(=O)N(C)CCO)c1. The van der Waals surface area contributed by atoms with Crippen LogP contribution in [0.2, 0.25) is 0 Å². The van der Waals surface area contributed by atoms with Crippen LogP contribution in [0.25, 0.3) is 0 Å². The fraction of sp³-hybridized carbons (Fsp3) is 0.500. The van der Waals surface area contributed by atoms with E-state index in [1.807, 2.05) is 6.92 Å². The Balaban J connectivity index is 3.02. The first-order valence-corrected chi connectivity index (χ1v) is 6.72. The maximum atomic E-state index is 12.0. The van der Waals surface area contributed by atoms with E-state index in [1.54, 1.807) is 6.20 Å². The molecule has 0 bridgehead atoms. The third-order valence-electron chi connectivity index (χ3n) is 2.22. The lowest BCUT2D eigenvalue weighted by atomic mass is 10.4. The number of nitrogens with one attached hydrogen (secondary N) is 1. The number of aliphatic hydroxyl groups is 1. The Bertz CT molecular complexity index is 462. The molecule has 7 heteroatoms. The summed E-state index contributed by atoms with van der Waals surface area (Å²) in [7, 11) is -2.15. The Labute approximate surface area is 101 Å². The lowest BCUT2D eigenvalue weighted by molar-refractivity contribution is 0.266. The van der Waals surface area contributed by atoms with Crippen molar-refractivity contribution in [3.63, 3.8) is 0 Å². The molecule has 0 amide bonds. The maximum Gasteiger partial charge on any atom is 0.244 e. The van der Waals surface area contributed by atoms with Crippen LogP contribution in [0.4, 0.5) is 5.69 Å². The highest BCUT2D eigenvalue weighted by atomic mass is 32.2. The predicted octanol–water partition coefficient (Wildman–Crippen LogP) is 0.126. The smallest absolute Gasteiger partial charge is 0.244 e. The number of hydrogen-bond donors (Lipinski definition) is 2. The molecule has 0 spiro atoms. The molecular weight excluding hydrogens is 242 g/mol. The normalized spacial score (nSPS) is 11.8. The highest BCUT2D eigenvalue weighted by Crippen LogP contribution is 2.16. The minimum absolute atomic E-state index is 0.0633. The van der Waals surface area contributed by atoms with Gasteiger partial charge in [0.05, 0.1) is 18.5 Å². The lowest BCUT2D eigenvalue weighted by Crippen LogP contribution is -2.29. The summed E-state index contributed by atoms with van der Waals surface area (Å²) < 4.78 is 25.1. The number of likely N-dealkylation sites (N-methyl/N-ethyl adjacent to an activating group) is 1. The molecule has 0 unspecified atom stereocenters. The van der Waals surface area contributed by atoms with Crippen LogP contribution in [0, 0.1) is 0 Å². The van der Waals surface area contributed by atoms with Crippen molar-refractivity contribution in [2.45, 2.75) is 11.8 Å². The Morgan fingerprint density at radius 2 is 2.18 bits per heavy atom. The third kappa shape index (κ3) is 3.39. The predicted molar refractivity (Wildman–Crippen MR) is 65.3 cm³/mol. The van der Waals surface area contributed by atoms with Crippen molar-refractivity contribution in [1.82, 2.24) is 9.29 Å². The zero-order chi connectivity index (χ0) is 12.9. The average molecular weight is 259 g/mol. The van der Waals surface area contributed by atoms with Crippen molar-refractivity contribution in [3.8, 4) is 0 Å². The molecule has 1 aromatic rings. The van der Waals surface area contributed by atoms with Crippen molar-refractivity contribution in [2.75, 3.05) is 32.1 Å². The largest absolute Gasteiger partial charge is 0.395 e. The molecule has 0 saturated carbocycles. The highest BCUT2D eigenvalue weighted by Gasteiger charge is 2.20. The Kier molecular flexibility index (Phi) is 4.86. The van der Waals surface area contributed by atoms with Gasteiger partial charge in [0.25, 0.3) is 0 Å². The number of aromatic nitrogens is 1. The van der Waals surface area contributed by atoms with E-state index in [0.29, 0.717) is 12.2 Å². The number of hydrogen-bond acceptors (Lipinski definition) is 5. The summed E-state index contributed by atoms with van der Waals surface area (Å²) in [5.74, 6) is 0. The van der Waals surface area contributed by atoms with Crippen molar-refractivity contribution in [3.05, 3.63) is 18.5 Å². The minimum Gasteiger partial charge on any atom is -0.395 e. The van der Waals surface area contributed by atoms with E-state index in [0.717, 1.165) is 4.31 Å². The fourth-order valence-electron chi connectivity index (χ4n) is 1.30. The first-order valence-electron chi connectivity index (χ1n) is 5.28.